The van der Waals surface area contributed by atoms with Crippen molar-refractivity contribution in [3.05, 3.63) is 88.4 Å². The Balaban J connectivity index is 2.05. The van der Waals surface area contributed by atoms with Crippen LogP contribution in [-0.2, 0) is 26.2 Å². The van der Waals surface area contributed by atoms with Crippen molar-refractivity contribution in [3.8, 4) is 5.75 Å². The van der Waals surface area contributed by atoms with Gasteiger partial charge in [0, 0.05) is 13.1 Å². The molecule has 0 heterocycles. The molecule has 0 saturated heterocycles. The monoisotopic (exact) mass is 643 g/mol. The Morgan fingerprint density at radius 3 is 2.22 bits per heavy atom. The fraction of sp³-hybridized carbons (Fsp3) is 0.355. The van der Waals surface area contributed by atoms with E-state index in [0.29, 0.717) is 28.9 Å². The number of aryl methyl sites for hydroxylation is 1. The van der Waals surface area contributed by atoms with Gasteiger partial charge < -0.3 is 15.0 Å². The molecule has 0 fully saturated rings. The van der Waals surface area contributed by atoms with Crippen molar-refractivity contribution >= 4 is 43.5 Å². The number of halogens is 1. The van der Waals surface area contributed by atoms with Crippen molar-refractivity contribution in [2.75, 3.05) is 24.5 Å². The zero-order valence-electron chi connectivity index (χ0n) is 24.1. The van der Waals surface area contributed by atoms with Crippen LogP contribution in [0.3, 0.4) is 0 Å². The summed E-state index contributed by atoms with van der Waals surface area (Å²) < 4.78 is 34.9. The number of sulfonamides is 1. The van der Waals surface area contributed by atoms with E-state index in [4.69, 9.17) is 4.74 Å². The van der Waals surface area contributed by atoms with Crippen LogP contribution in [0.1, 0.15) is 38.3 Å². The molecule has 10 heteroatoms. The van der Waals surface area contributed by atoms with Crippen LogP contribution >= 0.6 is 15.9 Å². The number of nitrogens with one attached hydrogen (secondary N) is 1. The molecule has 3 aromatic rings. The van der Waals surface area contributed by atoms with Gasteiger partial charge in [-0.15, -0.1) is 0 Å². The zero-order chi connectivity index (χ0) is 30.2. The van der Waals surface area contributed by atoms with Gasteiger partial charge >= 0.3 is 0 Å². The van der Waals surface area contributed by atoms with Gasteiger partial charge in [-0.05, 0) is 71.1 Å². The Morgan fingerprint density at radius 2 is 1.66 bits per heavy atom. The number of benzene rings is 3. The molecular formula is C31H38BrN3O5S. The van der Waals surface area contributed by atoms with E-state index in [0.717, 1.165) is 15.4 Å². The molecule has 0 aliphatic carbocycles. The van der Waals surface area contributed by atoms with E-state index in [-0.39, 0.29) is 23.3 Å². The van der Waals surface area contributed by atoms with Crippen LogP contribution in [0.15, 0.2) is 82.2 Å². The van der Waals surface area contributed by atoms with Gasteiger partial charge in [0.15, 0.2) is 0 Å². The minimum absolute atomic E-state index is 0.00474. The van der Waals surface area contributed by atoms with Gasteiger partial charge in [0.2, 0.25) is 11.8 Å². The summed E-state index contributed by atoms with van der Waals surface area (Å²) in [5.74, 6) is -0.0405. The summed E-state index contributed by atoms with van der Waals surface area (Å²) in [6.45, 7) is 7.87. The van der Waals surface area contributed by atoms with Gasteiger partial charge in [-0.25, -0.2) is 8.42 Å². The van der Waals surface area contributed by atoms with Gasteiger partial charge in [0.1, 0.15) is 18.3 Å². The maximum atomic E-state index is 14.1. The van der Waals surface area contributed by atoms with Crippen LogP contribution in [0.5, 0.6) is 5.75 Å². The summed E-state index contributed by atoms with van der Waals surface area (Å²) >= 11 is 3.37. The predicted octanol–water partition coefficient (Wildman–Crippen LogP) is 5.54. The van der Waals surface area contributed by atoms with Gasteiger partial charge in [-0.2, -0.15) is 0 Å². The Labute approximate surface area is 251 Å². The van der Waals surface area contributed by atoms with Gasteiger partial charge in [-0.1, -0.05) is 68.8 Å². The average molecular weight is 645 g/mol. The molecule has 220 valence electrons. The van der Waals surface area contributed by atoms with E-state index >= 15 is 0 Å². The molecule has 0 bridgehead atoms. The van der Waals surface area contributed by atoms with Crippen molar-refractivity contribution in [1.82, 2.24) is 10.2 Å². The van der Waals surface area contributed by atoms with Crippen LogP contribution in [0.2, 0.25) is 0 Å². The molecule has 1 N–H and O–H groups in total. The first-order valence-corrected chi connectivity index (χ1v) is 15.7. The largest absolute Gasteiger partial charge is 0.496 e. The fourth-order valence-corrected chi connectivity index (χ4v) is 6.43. The summed E-state index contributed by atoms with van der Waals surface area (Å²) in [7, 11) is -2.70. The fourth-order valence-electron chi connectivity index (χ4n) is 4.30. The highest BCUT2D eigenvalue weighted by Gasteiger charge is 2.34. The predicted molar refractivity (Wildman–Crippen MR) is 165 cm³/mol. The minimum Gasteiger partial charge on any atom is -0.496 e. The highest BCUT2D eigenvalue weighted by Crippen LogP contribution is 2.31. The first-order valence-electron chi connectivity index (χ1n) is 13.5. The maximum absolute atomic E-state index is 14.1. The lowest BCUT2D eigenvalue weighted by Crippen LogP contribution is -2.52. The van der Waals surface area contributed by atoms with Gasteiger partial charge in [0.25, 0.3) is 10.0 Å². The smallest absolute Gasteiger partial charge is 0.264 e. The third kappa shape index (κ3) is 8.33. The lowest BCUT2D eigenvalue weighted by atomic mass is 10.1. The lowest BCUT2D eigenvalue weighted by Gasteiger charge is -2.33. The molecule has 3 rings (SSSR count). The van der Waals surface area contributed by atoms with E-state index in [9.17, 15) is 18.0 Å². The number of hydrogen-bond donors (Lipinski definition) is 1. The Morgan fingerprint density at radius 1 is 1.00 bits per heavy atom. The van der Waals surface area contributed by atoms with Crippen molar-refractivity contribution < 1.29 is 22.7 Å². The Bertz CT molecular complexity index is 1430. The number of carbonyl (C=O) groups is 2. The lowest BCUT2D eigenvalue weighted by molar-refractivity contribution is -0.140. The first-order chi connectivity index (χ1) is 19.5. The average Bonchev–Trinajstić information content (AvgIpc) is 2.95. The highest BCUT2D eigenvalue weighted by molar-refractivity contribution is 9.10. The van der Waals surface area contributed by atoms with Gasteiger partial charge in [0.05, 0.1) is 22.2 Å². The second kappa shape index (κ2) is 14.5. The highest BCUT2D eigenvalue weighted by atomic mass is 79.9. The van der Waals surface area contributed by atoms with Crippen molar-refractivity contribution in [2.45, 2.75) is 51.6 Å². The number of anilines is 1. The van der Waals surface area contributed by atoms with Crippen LogP contribution in [0.4, 0.5) is 5.69 Å². The van der Waals surface area contributed by atoms with Crippen molar-refractivity contribution in [3.63, 3.8) is 0 Å². The molecular weight excluding hydrogens is 606 g/mol. The Kier molecular flexibility index (Phi) is 11.4. The molecule has 0 saturated carbocycles. The second-order valence-electron chi connectivity index (χ2n) is 10.2. The van der Waals surface area contributed by atoms with Crippen molar-refractivity contribution in [1.29, 1.82) is 0 Å². The van der Waals surface area contributed by atoms with E-state index in [2.05, 4.69) is 21.2 Å². The summed E-state index contributed by atoms with van der Waals surface area (Å²) in [6.07, 6.45) is 0.366. The number of carbonyl (C=O) groups excluding carboxylic acids is 2. The third-order valence-electron chi connectivity index (χ3n) is 6.58. The normalized spacial score (nSPS) is 12.1. The minimum atomic E-state index is -4.19. The number of rotatable bonds is 13. The van der Waals surface area contributed by atoms with E-state index < -0.39 is 28.5 Å². The SMILES string of the molecule is CC[C@H](C(=O)NCC(C)C)N(Cc1ccccc1)C(=O)CN(c1ccc(C)cc1)S(=O)(=O)c1ccc(OC)c(Br)c1. The molecule has 0 spiro atoms. The molecule has 0 aliphatic heterocycles. The molecule has 0 aliphatic rings. The summed E-state index contributed by atoms with van der Waals surface area (Å²) in [5.41, 5.74) is 2.12. The van der Waals surface area contributed by atoms with Crippen LogP contribution in [0.25, 0.3) is 0 Å². The molecule has 0 aromatic heterocycles. The summed E-state index contributed by atoms with van der Waals surface area (Å²) in [6, 6.07) is 20.0. The molecule has 2 amide bonds. The first kappa shape index (κ1) is 32.1. The molecule has 41 heavy (non-hydrogen) atoms. The molecule has 0 radical (unpaired) electrons. The number of methoxy groups -OCH3 is 1. The van der Waals surface area contributed by atoms with Gasteiger partial charge in [-0.3, -0.25) is 13.9 Å². The maximum Gasteiger partial charge on any atom is 0.264 e. The van der Waals surface area contributed by atoms with E-state index in [1.807, 2.05) is 58.0 Å². The summed E-state index contributed by atoms with van der Waals surface area (Å²) in [5, 5.41) is 2.94. The molecule has 8 nitrogen and oxygen atoms in total. The quantitative estimate of drug-likeness (QED) is 0.264. The molecule has 1 atom stereocenters. The topological polar surface area (TPSA) is 96.0 Å². The van der Waals surface area contributed by atoms with Crippen molar-refractivity contribution in [2.24, 2.45) is 5.92 Å². The number of hydrogen-bond acceptors (Lipinski definition) is 5. The molecule has 3 aromatic carbocycles. The number of nitrogens with zero attached hydrogens (tertiary/aromatic N) is 2. The Hall–Kier alpha value is -3.37. The summed E-state index contributed by atoms with van der Waals surface area (Å²) in [4.78, 5) is 28.8. The standard InChI is InChI=1S/C31H38BrN3O5S/c1-6-28(31(37)33-19-22(2)3)34(20-24-10-8-7-9-11-24)30(36)21-35(25-14-12-23(4)13-15-25)41(38,39)26-16-17-29(40-5)27(32)18-26/h7-18,22,28H,6,19-21H2,1-5H3,(H,33,37)/t28-/m1/s1. The third-order valence-corrected chi connectivity index (χ3v) is 8.97. The van der Waals surface area contributed by atoms with Crippen LogP contribution < -0.4 is 14.4 Å². The molecule has 0 unspecified atom stereocenters. The van der Waals surface area contributed by atoms with Crippen LogP contribution in [0, 0.1) is 12.8 Å². The zero-order valence-corrected chi connectivity index (χ0v) is 26.5. The number of ether oxygens (including phenoxy) is 1. The second-order valence-corrected chi connectivity index (χ2v) is 12.9. The van der Waals surface area contributed by atoms with E-state index in [1.54, 1.807) is 30.3 Å². The van der Waals surface area contributed by atoms with Crippen LogP contribution in [-0.4, -0.2) is 51.4 Å². The number of amides is 2. The van der Waals surface area contributed by atoms with E-state index in [1.165, 1.54) is 24.1 Å².